The summed E-state index contributed by atoms with van der Waals surface area (Å²) in [7, 11) is 0. The summed E-state index contributed by atoms with van der Waals surface area (Å²) in [5.41, 5.74) is -0.190. The molecule has 1 N–H and O–H groups in total. The summed E-state index contributed by atoms with van der Waals surface area (Å²) in [5.74, 6) is 1.58. The number of aromatic nitrogens is 1. The number of urea groups is 1. The van der Waals surface area contributed by atoms with E-state index in [1.165, 1.54) is 6.07 Å². The Labute approximate surface area is 117 Å². The van der Waals surface area contributed by atoms with Gasteiger partial charge >= 0.3 is 6.03 Å². The molecule has 20 heavy (non-hydrogen) atoms. The van der Waals surface area contributed by atoms with Crippen LogP contribution in [0.15, 0.2) is 15.4 Å². The number of nitrogens with zero attached hydrogens (tertiary/aromatic N) is 2. The first-order chi connectivity index (χ1) is 9.63. The molecule has 3 heterocycles. The third-order valence-corrected chi connectivity index (χ3v) is 4.41. The van der Waals surface area contributed by atoms with Crippen molar-refractivity contribution in [2.75, 3.05) is 26.2 Å². The van der Waals surface area contributed by atoms with Gasteiger partial charge in [-0.2, -0.15) is 5.16 Å². The van der Waals surface area contributed by atoms with Crippen molar-refractivity contribution in [3.63, 3.8) is 0 Å². The average molecular weight is 279 g/mol. The molecule has 2 fully saturated rings. The van der Waals surface area contributed by atoms with Gasteiger partial charge in [0.15, 0.2) is 0 Å². The maximum atomic E-state index is 12.4. The van der Waals surface area contributed by atoms with Crippen molar-refractivity contribution in [3.8, 4) is 0 Å². The number of carbonyl (C=O) groups is 1. The van der Waals surface area contributed by atoms with Crippen LogP contribution < -0.4 is 5.56 Å². The highest BCUT2D eigenvalue weighted by atomic mass is 16.5. The maximum absolute atomic E-state index is 12.4. The minimum atomic E-state index is -0.190. The second-order valence-corrected chi connectivity index (χ2v) is 6.00. The minimum Gasteiger partial charge on any atom is -0.383 e. The molecule has 110 valence electrons. The molecule has 1 aromatic heterocycles. The number of H-pyrrole nitrogens is 1. The van der Waals surface area contributed by atoms with Crippen LogP contribution in [0.3, 0.4) is 0 Å². The topological polar surface area (TPSA) is 69.6 Å². The van der Waals surface area contributed by atoms with E-state index in [9.17, 15) is 9.59 Å². The van der Waals surface area contributed by atoms with Gasteiger partial charge in [0.25, 0.3) is 5.56 Å². The molecule has 2 saturated heterocycles. The van der Waals surface area contributed by atoms with Gasteiger partial charge in [0.05, 0.1) is 0 Å². The van der Waals surface area contributed by atoms with Gasteiger partial charge in [-0.25, -0.2) is 4.79 Å². The molecule has 0 aromatic carbocycles. The highest BCUT2D eigenvalue weighted by molar-refractivity contribution is 5.74. The van der Waals surface area contributed by atoms with Crippen molar-refractivity contribution in [1.82, 2.24) is 15.0 Å². The quantitative estimate of drug-likeness (QED) is 0.849. The fraction of sp³-hybridized carbons (Fsp3) is 0.714. The molecule has 0 saturated carbocycles. The summed E-state index contributed by atoms with van der Waals surface area (Å²) < 4.78 is 5.16. The van der Waals surface area contributed by atoms with E-state index in [-0.39, 0.29) is 17.5 Å². The van der Waals surface area contributed by atoms with E-state index in [0.29, 0.717) is 5.92 Å². The van der Waals surface area contributed by atoms with Crippen LogP contribution in [0.1, 0.15) is 37.9 Å². The predicted octanol–water partition coefficient (Wildman–Crippen LogP) is 1.61. The molecule has 1 unspecified atom stereocenters. The van der Waals surface area contributed by atoms with Crippen LogP contribution in [0, 0.1) is 5.92 Å². The summed E-state index contributed by atoms with van der Waals surface area (Å²) in [4.78, 5) is 27.3. The lowest BCUT2D eigenvalue weighted by Gasteiger charge is -2.33. The molecule has 2 aliphatic heterocycles. The molecule has 1 aromatic rings. The van der Waals surface area contributed by atoms with Crippen molar-refractivity contribution in [2.24, 2.45) is 5.92 Å². The number of hydrogen-bond donors (Lipinski definition) is 1. The van der Waals surface area contributed by atoms with E-state index < -0.39 is 0 Å². The summed E-state index contributed by atoms with van der Waals surface area (Å²) in [6.07, 6.45) is 2.82. The standard InChI is InChI=1S/C14H21N3O3/c1-10-2-5-17(9-10)14(19)16-6-3-11(4-7-16)12-8-13(18)15-20-12/h8,10-11H,2-7,9H2,1H3,(H,15,18). The summed E-state index contributed by atoms with van der Waals surface area (Å²) in [5, 5.41) is 2.33. The Morgan fingerprint density at radius 1 is 1.25 bits per heavy atom. The van der Waals surface area contributed by atoms with Crippen LogP contribution in [-0.2, 0) is 0 Å². The number of piperidine rings is 1. The van der Waals surface area contributed by atoms with Crippen LogP contribution >= 0.6 is 0 Å². The Morgan fingerprint density at radius 3 is 2.50 bits per heavy atom. The zero-order chi connectivity index (χ0) is 14.1. The fourth-order valence-corrected chi connectivity index (χ4v) is 3.16. The van der Waals surface area contributed by atoms with E-state index in [1.54, 1.807) is 0 Å². The van der Waals surface area contributed by atoms with Gasteiger partial charge in [0, 0.05) is 38.2 Å². The highest BCUT2D eigenvalue weighted by Gasteiger charge is 2.31. The van der Waals surface area contributed by atoms with E-state index in [2.05, 4.69) is 12.1 Å². The second-order valence-electron chi connectivity index (χ2n) is 6.00. The van der Waals surface area contributed by atoms with Crippen LogP contribution in [0.2, 0.25) is 0 Å². The van der Waals surface area contributed by atoms with Gasteiger partial charge in [0.2, 0.25) is 0 Å². The van der Waals surface area contributed by atoms with E-state index in [1.807, 2.05) is 9.80 Å². The van der Waals surface area contributed by atoms with Gasteiger partial charge in [0.1, 0.15) is 5.76 Å². The monoisotopic (exact) mass is 279 g/mol. The molecule has 0 radical (unpaired) electrons. The van der Waals surface area contributed by atoms with E-state index in [0.717, 1.165) is 51.2 Å². The first-order valence-electron chi connectivity index (χ1n) is 7.35. The Morgan fingerprint density at radius 2 is 1.95 bits per heavy atom. The van der Waals surface area contributed by atoms with Crippen molar-refractivity contribution in [1.29, 1.82) is 0 Å². The normalized spacial score (nSPS) is 24.4. The van der Waals surface area contributed by atoms with Crippen LogP contribution in [0.5, 0.6) is 0 Å². The molecule has 0 spiro atoms. The van der Waals surface area contributed by atoms with Gasteiger partial charge in [-0.05, 0) is 25.2 Å². The van der Waals surface area contributed by atoms with Crippen molar-refractivity contribution in [2.45, 2.75) is 32.1 Å². The Kier molecular flexibility index (Phi) is 3.54. The summed E-state index contributed by atoms with van der Waals surface area (Å²) >= 11 is 0. The van der Waals surface area contributed by atoms with E-state index in [4.69, 9.17) is 4.52 Å². The van der Waals surface area contributed by atoms with Gasteiger partial charge < -0.3 is 14.3 Å². The number of nitrogens with one attached hydrogen (secondary N) is 1. The number of hydrogen-bond acceptors (Lipinski definition) is 3. The molecule has 2 aliphatic rings. The molecule has 1 atom stereocenters. The number of rotatable bonds is 1. The highest BCUT2D eigenvalue weighted by Crippen LogP contribution is 2.28. The maximum Gasteiger partial charge on any atom is 0.320 e. The minimum absolute atomic E-state index is 0.170. The first-order valence-corrected chi connectivity index (χ1v) is 7.35. The van der Waals surface area contributed by atoms with Gasteiger partial charge in [-0.3, -0.25) is 4.79 Å². The van der Waals surface area contributed by atoms with Crippen molar-refractivity contribution < 1.29 is 9.32 Å². The molecule has 6 heteroatoms. The first kappa shape index (κ1) is 13.3. The van der Waals surface area contributed by atoms with Crippen LogP contribution in [0.4, 0.5) is 4.79 Å². The molecular formula is C14H21N3O3. The average Bonchev–Trinajstić information content (AvgIpc) is 3.07. The molecule has 6 nitrogen and oxygen atoms in total. The third kappa shape index (κ3) is 2.59. The lowest BCUT2D eigenvalue weighted by Crippen LogP contribution is -2.45. The van der Waals surface area contributed by atoms with E-state index >= 15 is 0 Å². The van der Waals surface area contributed by atoms with Crippen LogP contribution in [-0.4, -0.2) is 47.2 Å². The molecule has 0 bridgehead atoms. The molecule has 0 aliphatic carbocycles. The van der Waals surface area contributed by atoms with Crippen molar-refractivity contribution >= 4 is 6.03 Å². The van der Waals surface area contributed by atoms with Gasteiger partial charge in [-0.1, -0.05) is 6.92 Å². The molecule has 3 rings (SSSR count). The largest absolute Gasteiger partial charge is 0.383 e. The van der Waals surface area contributed by atoms with Crippen LogP contribution in [0.25, 0.3) is 0 Å². The summed E-state index contributed by atoms with van der Waals surface area (Å²) in [6.45, 7) is 5.43. The lowest BCUT2D eigenvalue weighted by molar-refractivity contribution is 0.144. The predicted molar refractivity (Wildman–Crippen MR) is 73.6 cm³/mol. The molecule has 2 amide bonds. The zero-order valence-electron chi connectivity index (χ0n) is 11.8. The number of amides is 2. The SMILES string of the molecule is CC1CCN(C(=O)N2CCC(c3cc(=O)[nH]o3)CC2)C1. The fourth-order valence-electron chi connectivity index (χ4n) is 3.16. The number of likely N-dealkylation sites (tertiary alicyclic amines) is 2. The second kappa shape index (κ2) is 5.34. The number of aromatic amines is 1. The Bertz CT molecular complexity index is 528. The summed E-state index contributed by atoms with van der Waals surface area (Å²) in [6, 6.07) is 1.69. The Balaban J connectivity index is 1.56. The number of carbonyl (C=O) groups excluding carboxylic acids is 1. The third-order valence-electron chi connectivity index (χ3n) is 4.41. The lowest BCUT2D eigenvalue weighted by atomic mass is 9.94. The van der Waals surface area contributed by atoms with Crippen molar-refractivity contribution in [3.05, 3.63) is 22.2 Å². The Hall–Kier alpha value is -1.72. The smallest absolute Gasteiger partial charge is 0.320 e. The van der Waals surface area contributed by atoms with Gasteiger partial charge in [-0.15, -0.1) is 0 Å². The molecular weight excluding hydrogens is 258 g/mol. The zero-order valence-corrected chi connectivity index (χ0v) is 11.8.